The minimum Gasteiger partial charge on any atom is -0.496 e. The molecule has 0 spiro atoms. The molecule has 3 nitrogen and oxygen atoms in total. The normalized spacial score (nSPS) is 14.5. The van der Waals surface area contributed by atoms with Gasteiger partial charge < -0.3 is 10.1 Å². The van der Waals surface area contributed by atoms with Crippen LogP contribution in [0.3, 0.4) is 0 Å². The Morgan fingerprint density at radius 3 is 2.86 bits per heavy atom. The highest BCUT2D eigenvalue weighted by atomic mass is 16.5. The van der Waals surface area contributed by atoms with Crippen LogP contribution >= 0.6 is 0 Å². The standard InChI is InChI=1S/C18H25NO2/c1-14-12-16(8-9-17(14)21-2)13-18(20)19-11-10-15-6-4-3-5-7-15/h6,8-9,12H,3-5,7,10-11,13H2,1-2H3,(H,19,20). The fourth-order valence-corrected chi connectivity index (χ4v) is 2.79. The van der Waals surface area contributed by atoms with E-state index in [-0.39, 0.29) is 5.91 Å². The van der Waals surface area contributed by atoms with Crippen molar-refractivity contribution in [3.8, 4) is 5.75 Å². The van der Waals surface area contributed by atoms with Gasteiger partial charge in [0.25, 0.3) is 0 Å². The molecule has 2 rings (SSSR count). The molecule has 0 heterocycles. The molecular weight excluding hydrogens is 262 g/mol. The van der Waals surface area contributed by atoms with Crippen molar-refractivity contribution in [3.63, 3.8) is 0 Å². The van der Waals surface area contributed by atoms with E-state index < -0.39 is 0 Å². The van der Waals surface area contributed by atoms with Gasteiger partial charge in [-0.25, -0.2) is 0 Å². The lowest BCUT2D eigenvalue weighted by Gasteiger charge is -2.13. The monoisotopic (exact) mass is 287 g/mol. The van der Waals surface area contributed by atoms with Crippen LogP contribution in [0.5, 0.6) is 5.75 Å². The average molecular weight is 287 g/mol. The molecule has 1 aromatic rings. The van der Waals surface area contributed by atoms with Gasteiger partial charge in [-0.3, -0.25) is 4.79 Å². The number of aryl methyl sites for hydroxylation is 1. The van der Waals surface area contributed by atoms with Crippen LogP contribution in [0, 0.1) is 6.92 Å². The molecule has 1 aromatic carbocycles. The third-order valence-corrected chi connectivity index (χ3v) is 3.98. The van der Waals surface area contributed by atoms with E-state index in [1.54, 1.807) is 7.11 Å². The lowest BCUT2D eigenvalue weighted by molar-refractivity contribution is -0.120. The summed E-state index contributed by atoms with van der Waals surface area (Å²) in [4.78, 5) is 12.0. The van der Waals surface area contributed by atoms with Gasteiger partial charge in [0, 0.05) is 6.54 Å². The summed E-state index contributed by atoms with van der Waals surface area (Å²) in [6.07, 6.45) is 8.78. The Labute approximate surface area is 127 Å². The highest BCUT2D eigenvalue weighted by Crippen LogP contribution is 2.20. The number of nitrogens with one attached hydrogen (secondary N) is 1. The predicted octanol–water partition coefficient (Wildman–Crippen LogP) is 3.55. The van der Waals surface area contributed by atoms with Crippen LogP contribution in [0.4, 0.5) is 0 Å². The van der Waals surface area contributed by atoms with E-state index in [2.05, 4.69) is 11.4 Å². The predicted molar refractivity (Wildman–Crippen MR) is 85.6 cm³/mol. The maximum atomic E-state index is 12.0. The number of ether oxygens (including phenoxy) is 1. The summed E-state index contributed by atoms with van der Waals surface area (Å²) >= 11 is 0. The molecule has 3 heteroatoms. The Kier molecular flexibility index (Phi) is 5.85. The van der Waals surface area contributed by atoms with Crippen molar-refractivity contribution < 1.29 is 9.53 Å². The van der Waals surface area contributed by atoms with E-state index in [4.69, 9.17) is 4.74 Å². The molecule has 1 aliphatic carbocycles. The summed E-state index contributed by atoms with van der Waals surface area (Å²) in [5.41, 5.74) is 3.60. The molecular formula is C18H25NO2. The third kappa shape index (κ3) is 4.92. The van der Waals surface area contributed by atoms with Crippen molar-refractivity contribution >= 4 is 5.91 Å². The zero-order chi connectivity index (χ0) is 15.1. The summed E-state index contributed by atoms with van der Waals surface area (Å²) in [5.74, 6) is 0.958. The van der Waals surface area contributed by atoms with Gasteiger partial charge in [-0.2, -0.15) is 0 Å². The molecule has 0 bridgehead atoms. The molecule has 0 atom stereocenters. The number of hydrogen-bond acceptors (Lipinski definition) is 2. The molecule has 0 saturated heterocycles. The van der Waals surface area contributed by atoms with Crippen LogP contribution in [0.25, 0.3) is 0 Å². The van der Waals surface area contributed by atoms with Gasteiger partial charge in [0.05, 0.1) is 13.5 Å². The largest absolute Gasteiger partial charge is 0.496 e. The van der Waals surface area contributed by atoms with Crippen molar-refractivity contribution in [1.29, 1.82) is 0 Å². The Morgan fingerprint density at radius 2 is 2.19 bits per heavy atom. The van der Waals surface area contributed by atoms with Crippen LogP contribution in [-0.4, -0.2) is 19.6 Å². The van der Waals surface area contributed by atoms with Gasteiger partial charge in [0.2, 0.25) is 5.91 Å². The smallest absolute Gasteiger partial charge is 0.224 e. The average Bonchev–Trinajstić information content (AvgIpc) is 2.48. The molecule has 1 N–H and O–H groups in total. The quantitative estimate of drug-likeness (QED) is 0.813. The number of benzene rings is 1. The maximum absolute atomic E-state index is 12.0. The van der Waals surface area contributed by atoms with E-state index >= 15 is 0 Å². The highest BCUT2D eigenvalue weighted by Gasteiger charge is 2.07. The summed E-state index contributed by atoms with van der Waals surface area (Å²) in [6, 6.07) is 5.89. The Hall–Kier alpha value is -1.77. The van der Waals surface area contributed by atoms with Crippen LogP contribution in [0.2, 0.25) is 0 Å². The Balaban J connectivity index is 1.76. The first-order chi connectivity index (χ1) is 10.2. The van der Waals surface area contributed by atoms with E-state index in [0.29, 0.717) is 6.42 Å². The zero-order valence-corrected chi connectivity index (χ0v) is 13.1. The van der Waals surface area contributed by atoms with Crippen molar-refractivity contribution in [1.82, 2.24) is 5.32 Å². The van der Waals surface area contributed by atoms with Crippen molar-refractivity contribution in [3.05, 3.63) is 41.0 Å². The van der Waals surface area contributed by atoms with Crippen LogP contribution in [0.15, 0.2) is 29.8 Å². The molecule has 0 radical (unpaired) electrons. The first-order valence-corrected chi connectivity index (χ1v) is 7.77. The van der Waals surface area contributed by atoms with Crippen molar-refractivity contribution in [2.45, 2.75) is 45.4 Å². The zero-order valence-electron chi connectivity index (χ0n) is 13.1. The molecule has 0 saturated carbocycles. The van der Waals surface area contributed by atoms with Gasteiger partial charge in [-0.1, -0.05) is 23.8 Å². The number of carbonyl (C=O) groups is 1. The Morgan fingerprint density at radius 1 is 1.33 bits per heavy atom. The number of amides is 1. The van der Waals surface area contributed by atoms with E-state index in [9.17, 15) is 4.79 Å². The number of allylic oxidation sites excluding steroid dienone is 1. The third-order valence-electron chi connectivity index (χ3n) is 3.98. The number of hydrogen-bond donors (Lipinski definition) is 1. The lowest BCUT2D eigenvalue weighted by Crippen LogP contribution is -2.26. The number of rotatable bonds is 6. The summed E-state index contributed by atoms with van der Waals surface area (Å²) in [6.45, 7) is 2.75. The van der Waals surface area contributed by atoms with E-state index in [1.807, 2.05) is 25.1 Å². The van der Waals surface area contributed by atoms with Gasteiger partial charge in [-0.15, -0.1) is 0 Å². The second-order valence-electron chi connectivity index (χ2n) is 5.69. The summed E-state index contributed by atoms with van der Waals surface area (Å²) < 4.78 is 5.23. The van der Waals surface area contributed by atoms with Crippen molar-refractivity contribution in [2.24, 2.45) is 0 Å². The summed E-state index contributed by atoms with van der Waals surface area (Å²) in [5, 5.41) is 3.02. The van der Waals surface area contributed by atoms with E-state index in [0.717, 1.165) is 29.8 Å². The number of carbonyl (C=O) groups excluding carboxylic acids is 1. The van der Waals surface area contributed by atoms with Gasteiger partial charge >= 0.3 is 0 Å². The maximum Gasteiger partial charge on any atom is 0.224 e. The van der Waals surface area contributed by atoms with Crippen molar-refractivity contribution in [2.75, 3.05) is 13.7 Å². The molecule has 1 aliphatic rings. The molecule has 114 valence electrons. The van der Waals surface area contributed by atoms with Gasteiger partial charge in [-0.05, 0) is 56.2 Å². The molecule has 21 heavy (non-hydrogen) atoms. The number of methoxy groups -OCH3 is 1. The second-order valence-corrected chi connectivity index (χ2v) is 5.69. The first-order valence-electron chi connectivity index (χ1n) is 7.77. The van der Waals surface area contributed by atoms with Crippen LogP contribution < -0.4 is 10.1 Å². The second kappa shape index (κ2) is 7.87. The first kappa shape index (κ1) is 15.6. The molecule has 0 fully saturated rings. The highest BCUT2D eigenvalue weighted by molar-refractivity contribution is 5.78. The molecule has 1 amide bonds. The summed E-state index contributed by atoms with van der Waals surface area (Å²) in [7, 11) is 1.66. The van der Waals surface area contributed by atoms with E-state index in [1.165, 1.54) is 31.3 Å². The van der Waals surface area contributed by atoms with Gasteiger partial charge in [0.15, 0.2) is 0 Å². The fourth-order valence-electron chi connectivity index (χ4n) is 2.79. The Bertz CT molecular complexity index is 520. The molecule has 0 aromatic heterocycles. The minimum atomic E-state index is 0.0935. The van der Waals surface area contributed by atoms with Crippen LogP contribution in [-0.2, 0) is 11.2 Å². The minimum absolute atomic E-state index is 0.0935. The van der Waals surface area contributed by atoms with Crippen LogP contribution in [0.1, 0.15) is 43.2 Å². The molecule has 0 aliphatic heterocycles. The lowest BCUT2D eigenvalue weighted by atomic mass is 9.97. The topological polar surface area (TPSA) is 38.3 Å². The molecule has 0 unspecified atom stereocenters. The fraction of sp³-hybridized carbons (Fsp3) is 0.500. The van der Waals surface area contributed by atoms with Gasteiger partial charge in [0.1, 0.15) is 5.75 Å². The SMILES string of the molecule is COc1ccc(CC(=O)NCCC2=CCCCC2)cc1C.